The largest absolute Gasteiger partial charge is 0.490 e. The summed E-state index contributed by atoms with van der Waals surface area (Å²) in [6.45, 7) is 8.08. The Labute approximate surface area is 190 Å². The summed E-state index contributed by atoms with van der Waals surface area (Å²) in [5.74, 6) is 0.156. The number of carbonyl (C=O) groups is 1. The Morgan fingerprint density at radius 2 is 1.94 bits per heavy atom. The molecule has 7 nitrogen and oxygen atoms in total. The van der Waals surface area contributed by atoms with Crippen LogP contribution in [-0.2, 0) is 4.79 Å². The van der Waals surface area contributed by atoms with Gasteiger partial charge >= 0.3 is 0 Å². The summed E-state index contributed by atoms with van der Waals surface area (Å²) in [5.41, 5.74) is 2.07. The van der Waals surface area contributed by atoms with Gasteiger partial charge < -0.3 is 9.64 Å². The molecule has 8 heteroatoms. The Balaban J connectivity index is 1.36. The minimum atomic E-state index is -0.388. The van der Waals surface area contributed by atoms with Crippen molar-refractivity contribution >= 4 is 12.6 Å². The monoisotopic (exact) mass is 448 g/mol. The molecule has 2 aromatic rings. The van der Waals surface area contributed by atoms with E-state index < -0.39 is 0 Å². The van der Waals surface area contributed by atoms with Gasteiger partial charge in [-0.3, -0.25) is 14.6 Å². The summed E-state index contributed by atoms with van der Waals surface area (Å²) < 4.78 is 21.1. The first kappa shape index (κ1) is 21.3. The second-order valence-corrected chi connectivity index (χ2v) is 8.76. The van der Waals surface area contributed by atoms with Gasteiger partial charge in [-0.15, -0.1) is 0 Å². The molecule has 3 aliphatic rings. The maximum absolute atomic E-state index is 13.8. The zero-order valence-electron chi connectivity index (χ0n) is 18.2. The zero-order valence-corrected chi connectivity index (χ0v) is 18.2. The van der Waals surface area contributed by atoms with Gasteiger partial charge in [-0.25, -0.2) is 9.07 Å². The van der Waals surface area contributed by atoms with Gasteiger partial charge in [0.05, 0.1) is 17.8 Å². The smallest absolute Gasteiger partial charge is 0.272 e. The first-order valence-electron chi connectivity index (χ1n) is 11.2. The molecule has 0 spiro atoms. The summed E-state index contributed by atoms with van der Waals surface area (Å²) in [6.07, 6.45) is 5.73. The van der Waals surface area contributed by atoms with Gasteiger partial charge in [0.1, 0.15) is 17.3 Å². The molecule has 170 valence electrons. The number of benzene rings is 1. The van der Waals surface area contributed by atoms with Gasteiger partial charge in [-0.1, -0.05) is 12.7 Å². The van der Waals surface area contributed by atoms with Gasteiger partial charge in [-0.2, -0.15) is 5.10 Å². The van der Waals surface area contributed by atoms with Crippen molar-refractivity contribution in [3.8, 4) is 17.0 Å². The van der Waals surface area contributed by atoms with Crippen molar-refractivity contribution in [2.45, 2.75) is 37.8 Å². The molecule has 0 radical (unpaired) electrons. The fourth-order valence-corrected chi connectivity index (χ4v) is 4.06. The summed E-state index contributed by atoms with van der Waals surface area (Å²) in [5, 5.41) is 4.53. The highest BCUT2D eigenvalue weighted by molar-refractivity contribution is 5.95. The summed E-state index contributed by atoms with van der Waals surface area (Å²) in [7, 11) is 0. The topological polar surface area (TPSA) is 76.8 Å². The van der Waals surface area contributed by atoms with E-state index in [0.29, 0.717) is 41.7 Å². The van der Waals surface area contributed by atoms with Crippen LogP contribution in [0.3, 0.4) is 0 Å². The fraction of sp³-hybridized carbons (Fsp3) is 0.360. The van der Waals surface area contributed by atoms with Gasteiger partial charge in [0.25, 0.3) is 11.5 Å². The Bertz CT molecular complexity index is 1220. The Morgan fingerprint density at radius 1 is 1.18 bits per heavy atom. The number of amides is 1. The van der Waals surface area contributed by atoms with Crippen LogP contribution in [0.1, 0.15) is 31.7 Å². The number of allylic oxidation sites excluding steroid dienone is 2. The summed E-state index contributed by atoms with van der Waals surface area (Å²) in [6, 6.07) is 7.11. The lowest BCUT2D eigenvalue weighted by molar-refractivity contribution is -0.133. The number of likely N-dealkylation sites (tertiary alicyclic amines) is 1. The molecule has 1 aliphatic heterocycles. The van der Waals surface area contributed by atoms with Crippen molar-refractivity contribution in [2.24, 2.45) is 10.9 Å². The third-order valence-electron chi connectivity index (χ3n) is 6.23. The lowest BCUT2D eigenvalue weighted by Crippen LogP contribution is -2.53. The van der Waals surface area contributed by atoms with Crippen molar-refractivity contribution in [3.05, 3.63) is 70.4 Å². The van der Waals surface area contributed by atoms with Crippen molar-refractivity contribution in [2.75, 3.05) is 13.1 Å². The van der Waals surface area contributed by atoms with Crippen LogP contribution in [0.25, 0.3) is 11.3 Å². The van der Waals surface area contributed by atoms with Crippen molar-refractivity contribution in [1.29, 1.82) is 0 Å². The number of halogens is 1. The van der Waals surface area contributed by atoms with Crippen LogP contribution < -0.4 is 10.3 Å². The lowest BCUT2D eigenvalue weighted by atomic mass is 10.0. The quantitative estimate of drug-likeness (QED) is 0.352. The fourth-order valence-electron chi connectivity index (χ4n) is 4.06. The maximum Gasteiger partial charge on any atom is 0.272 e. The molecule has 0 unspecified atom stereocenters. The van der Waals surface area contributed by atoms with Crippen LogP contribution >= 0.6 is 0 Å². The van der Waals surface area contributed by atoms with E-state index in [1.165, 1.54) is 22.9 Å². The van der Waals surface area contributed by atoms with E-state index in [0.717, 1.165) is 31.3 Å². The molecule has 2 saturated carbocycles. The minimum Gasteiger partial charge on any atom is -0.490 e. The molecule has 1 amide bonds. The Kier molecular flexibility index (Phi) is 5.44. The van der Waals surface area contributed by atoms with E-state index in [2.05, 4.69) is 23.4 Å². The molecule has 5 rings (SSSR count). The van der Waals surface area contributed by atoms with E-state index in [9.17, 15) is 14.0 Å². The first-order valence-corrected chi connectivity index (χ1v) is 11.2. The van der Waals surface area contributed by atoms with Crippen molar-refractivity contribution in [1.82, 2.24) is 14.7 Å². The Hall–Kier alpha value is -3.55. The van der Waals surface area contributed by atoms with Crippen LogP contribution in [0.15, 0.2) is 64.0 Å². The van der Waals surface area contributed by atoms with Crippen LogP contribution in [0.4, 0.5) is 4.39 Å². The second kappa shape index (κ2) is 8.42. The molecule has 1 aromatic carbocycles. The molecule has 0 N–H and O–H groups in total. The highest BCUT2D eigenvalue weighted by atomic mass is 19.1. The molecular weight excluding hydrogens is 423 g/mol. The van der Waals surface area contributed by atoms with Crippen LogP contribution in [0, 0.1) is 11.7 Å². The highest BCUT2D eigenvalue weighted by Gasteiger charge is 2.37. The van der Waals surface area contributed by atoms with E-state index in [4.69, 9.17) is 4.74 Å². The summed E-state index contributed by atoms with van der Waals surface area (Å²) >= 11 is 0. The number of hydrogen-bond acceptors (Lipinski definition) is 5. The maximum atomic E-state index is 13.8. The van der Waals surface area contributed by atoms with Crippen LogP contribution in [0.5, 0.6) is 5.75 Å². The number of ether oxygens (including phenoxy) is 1. The molecule has 33 heavy (non-hydrogen) atoms. The third-order valence-corrected chi connectivity index (χ3v) is 6.23. The molecule has 2 aliphatic carbocycles. The predicted molar refractivity (Wildman–Crippen MR) is 123 cm³/mol. The van der Waals surface area contributed by atoms with E-state index in [-0.39, 0.29) is 29.4 Å². The van der Waals surface area contributed by atoms with Gasteiger partial charge in [0, 0.05) is 30.8 Å². The van der Waals surface area contributed by atoms with Gasteiger partial charge in [0.2, 0.25) is 0 Å². The molecule has 2 heterocycles. The van der Waals surface area contributed by atoms with Crippen LogP contribution in [-0.4, -0.2) is 46.5 Å². The Morgan fingerprint density at radius 3 is 2.58 bits per heavy atom. The minimum absolute atomic E-state index is 0.0967. The molecule has 0 atom stereocenters. The second-order valence-electron chi connectivity index (χ2n) is 8.76. The molecule has 1 aromatic heterocycles. The normalized spacial score (nSPS) is 18.9. The van der Waals surface area contributed by atoms with E-state index in [1.807, 2.05) is 0 Å². The molecular formula is C25H25FN4O3. The first-order chi connectivity index (χ1) is 16.0. The number of aromatic nitrogens is 2. The molecule has 3 fully saturated rings. The summed E-state index contributed by atoms with van der Waals surface area (Å²) in [4.78, 5) is 31.1. The number of rotatable bonds is 8. The third kappa shape index (κ3) is 4.25. The van der Waals surface area contributed by atoms with E-state index >= 15 is 0 Å². The molecule has 1 saturated heterocycles. The predicted octanol–water partition coefficient (Wildman–Crippen LogP) is 3.52. The lowest BCUT2D eigenvalue weighted by Gasteiger charge is -2.39. The molecule has 0 bridgehead atoms. The zero-order chi connectivity index (χ0) is 23.1. The van der Waals surface area contributed by atoms with Gasteiger partial charge in [-0.05, 0) is 62.1 Å². The standard InChI is InChI=1S/C25H25FN4O3/c1-3-19(15-4-5-15)24(27-2)25(32)29-13-17(14-29)30-23(31)11-10-21(28-30)20-9-6-16(26)12-22(20)33-18-7-8-18/h3,6,9-12,15,17-18H,1-2,4-5,7-8,13-14H2/b24-19+. The SMILES string of the molecule is C=C/C(=C(\N=C)C(=O)N1CC(n2nc(-c3ccc(F)cc3OC3CC3)ccc2=O)C1)C1CC1. The number of nitrogens with zero attached hydrogens (tertiary/aromatic N) is 4. The number of aliphatic imine (C=N–C) groups is 1. The average molecular weight is 448 g/mol. The highest BCUT2D eigenvalue weighted by Crippen LogP contribution is 2.39. The van der Waals surface area contributed by atoms with Crippen molar-refractivity contribution < 1.29 is 13.9 Å². The van der Waals surface area contributed by atoms with Crippen molar-refractivity contribution in [3.63, 3.8) is 0 Å². The number of hydrogen-bond donors (Lipinski definition) is 0. The van der Waals surface area contributed by atoms with E-state index in [1.54, 1.807) is 23.1 Å². The average Bonchev–Trinajstić information content (AvgIpc) is 3.68. The van der Waals surface area contributed by atoms with Gasteiger partial charge in [0.15, 0.2) is 0 Å². The van der Waals surface area contributed by atoms with Crippen LogP contribution in [0.2, 0.25) is 0 Å². The number of carbonyl (C=O) groups excluding carboxylic acids is 1.